The molecule has 6 nitrogen and oxygen atoms in total. The van der Waals surface area contributed by atoms with Crippen LogP contribution >= 0.6 is 0 Å². The zero-order valence-electron chi connectivity index (χ0n) is 18.8. The summed E-state index contributed by atoms with van der Waals surface area (Å²) in [7, 11) is -4.32. The number of carbonyl (C=O) groups is 1. The Morgan fingerprint density at radius 3 is 2.03 bits per heavy atom. The van der Waals surface area contributed by atoms with Crippen molar-refractivity contribution in [2.45, 2.75) is 43.1 Å². The maximum Gasteiger partial charge on any atom is 0.573 e. The molecular formula is C23H22F6N2O4S. The molecule has 0 saturated carbocycles. The van der Waals surface area contributed by atoms with Gasteiger partial charge in [0.25, 0.3) is 0 Å². The Kier molecular flexibility index (Phi) is 6.75. The standard InChI is InChI=1S/C23H22F6N2O4S/c24-22(25,26)15-16-5-7-17(8-6-16)31-14-11-21(20(31)32)9-12-30(13-10-21)36(33,34)19-4-2-1-3-18(19)35-23(27,28)29/h1-8H,9-15H2. The van der Waals surface area contributed by atoms with E-state index in [9.17, 15) is 39.6 Å². The van der Waals surface area contributed by atoms with Gasteiger partial charge in [0.2, 0.25) is 15.9 Å². The first kappa shape index (κ1) is 26.3. The maximum absolute atomic E-state index is 13.3. The maximum atomic E-state index is 13.3. The Labute approximate surface area is 203 Å². The molecule has 36 heavy (non-hydrogen) atoms. The molecule has 0 atom stereocenters. The number of para-hydroxylation sites is 1. The van der Waals surface area contributed by atoms with E-state index in [0.29, 0.717) is 18.7 Å². The summed E-state index contributed by atoms with van der Waals surface area (Å²) in [6, 6.07) is 10.0. The molecule has 0 radical (unpaired) electrons. The molecule has 2 heterocycles. The number of halogens is 6. The molecule has 2 saturated heterocycles. The average molecular weight is 536 g/mol. The lowest BCUT2D eigenvalue weighted by Gasteiger charge is -2.37. The molecule has 0 aliphatic carbocycles. The van der Waals surface area contributed by atoms with Crippen LogP contribution in [0.5, 0.6) is 5.75 Å². The van der Waals surface area contributed by atoms with E-state index in [1.165, 1.54) is 41.3 Å². The van der Waals surface area contributed by atoms with Crippen molar-refractivity contribution in [3.63, 3.8) is 0 Å². The van der Waals surface area contributed by atoms with Crippen LogP contribution in [0.25, 0.3) is 0 Å². The van der Waals surface area contributed by atoms with Gasteiger partial charge in [0.05, 0.1) is 11.8 Å². The van der Waals surface area contributed by atoms with Crippen molar-refractivity contribution in [1.82, 2.24) is 4.31 Å². The van der Waals surface area contributed by atoms with Crippen LogP contribution in [-0.2, 0) is 21.2 Å². The van der Waals surface area contributed by atoms with E-state index in [-0.39, 0.29) is 37.4 Å². The van der Waals surface area contributed by atoms with Crippen molar-refractivity contribution in [1.29, 1.82) is 0 Å². The van der Waals surface area contributed by atoms with E-state index in [2.05, 4.69) is 4.74 Å². The van der Waals surface area contributed by atoms with E-state index < -0.39 is 45.0 Å². The number of amides is 1. The van der Waals surface area contributed by atoms with Gasteiger partial charge in [-0.2, -0.15) is 17.5 Å². The highest BCUT2D eigenvalue weighted by Crippen LogP contribution is 2.44. The molecule has 13 heteroatoms. The van der Waals surface area contributed by atoms with Gasteiger partial charge in [0, 0.05) is 25.3 Å². The topological polar surface area (TPSA) is 66.9 Å². The predicted molar refractivity (Wildman–Crippen MR) is 117 cm³/mol. The van der Waals surface area contributed by atoms with Crippen LogP contribution in [0.4, 0.5) is 32.0 Å². The lowest BCUT2D eigenvalue weighted by Crippen LogP contribution is -2.46. The Balaban J connectivity index is 1.46. The van der Waals surface area contributed by atoms with Crippen LogP contribution in [0, 0.1) is 5.41 Å². The number of hydrogen-bond donors (Lipinski definition) is 0. The van der Waals surface area contributed by atoms with Crippen molar-refractivity contribution in [3.05, 3.63) is 54.1 Å². The first-order valence-corrected chi connectivity index (χ1v) is 12.5. The van der Waals surface area contributed by atoms with Crippen LogP contribution in [0.1, 0.15) is 24.8 Å². The van der Waals surface area contributed by atoms with Crippen molar-refractivity contribution >= 4 is 21.6 Å². The molecule has 2 aromatic rings. The summed E-state index contributed by atoms with van der Waals surface area (Å²) in [5.41, 5.74) is -0.324. The number of benzene rings is 2. The number of rotatable bonds is 5. The second-order valence-electron chi connectivity index (χ2n) is 8.84. The lowest BCUT2D eigenvalue weighted by atomic mass is 9.77. The quantitative estimate of drug-likeness (QED) is 0.510. The smallest absolute Gasteiger partial charge is 0.404 e. The molecule has 2 aromatic carbocycles. The fourth-order valence-corrected chi connectivity index (χ4v) is 6.28. The molecule has 2 fully saturated rings. The molecule has 196 valence electrons. The van der Waals surface area contributed by atoms with Crippen molar-refractivity contribution in [2.75, 3.05) is 24.5 Å². The van der Waals surface area contributed by atoms with Crippen LogP contribution in [0.3, 0.4) is 0 Å². The number of hydrogen-bond acceptors (Lipinski definition) is 4. The highest BCUT2D eigenvalue weighted by atomic mass is 32.2. The van der Waals surface area contributed by atoms with Crippen LogP contribution in [0.15, 0.2) is 53.4 Å². The van der Waals surface area contributed by atoms with Gasteiger partial charge < -0.3 is 9.64 Å². The SMILES string of the molecule is O=C1N(c2ccc(CC(F)(F)F)cc2)CCC12CCN(S(=O)(=O)c1ccccc1OC(F)(F)F)CC2. The number of sulfonamides is 1. The fourth-order valence-electron chi connectivity index (χ4n) is 4.72. The Hall–Kier alpha value is -2.80. The largest absolute Gasteiger partial charge is 0.573 e. The summed E-state index contributed by atoms with van der Waals surface area (Å²) < 4.78 is 107. The van der Waals surface area contributed by atoms with E-state index in [1.807, 2.05) is 0 Å². The van der Waals surface area contributed by atoms with Gasteiger partial charge >= 0.3 is 12.5 Å². The minimum absolute atomic E-state index is 0.0703. The number of nitrogens with zero attached hydrogens (tertiary/aromatic N) is 2. The summed E-state index contributed by atoms with van der Waals surface area (Å²) in [5, 5.41) is 0. The average Bonchev–Trinajstić information content (AvgIpc) is 3.08. The van der Waals surface area contributed by atoms with Gasteiger partial charge in [-0.1, -0.05) is 24.3 Å². The third kappa shape index (κ3) is 5.46. The van der Waals surface area contributed by atoms with Gasteiger partial charge in [-0.3, -0.25) is 4.79 Å². The first-order valence-electron chi connectivity index (χ1n) is 11.0. The van der Waals surface area contributed by atoms with E-state index >= 15 is 0 Å². The molecule has 1 amide bonds. The summed E-state index contributed by atoms with van der Waals surface area (Å²) in [6.07, 6.45) is -9.73. The second-order valence-corrected chi connectivity index (χ2v) is 10.8. The number of carbonyl (C=O) groups excluding carboxylic acids is 1. The molecule has 0 aromatic heterocycles. The van der Waals surface area contributed by atoms with Crippen molar-refractivity contribution in [2.24, 2.45) is 5.41 Å². The van der Waals surface area contributed by atoms with Gasteiger partial charge in [-0.15, -0.1) is 13.2 Å². The number of anilines is 1. The molecule has 4 rings (SSSR count). The summed E-state index contributed by atoms with van der Waals surface area (Å²) in [5.74, 6) is -1.08. The zero-order chi connectivity index (χ0) is 26.4. The third-order valence-electron chi connectivity index (χ3n) is 6.54. The fraction of sp³-hybridized carbons (Fsp3) is 0.435. The van der Waals surface area contributed by atoms with Gasteiger partial charge in [-0.25, -0.2) is 8.42 Å². The number of piperidine rings is 1. The number of alkyl halides is 6. The summed E-state index contributed by atoms with van der Waals surface area (Å²) >= 11 is 0. The number of ether oxygens (including phenoxy) is 1. The van der Waals surface area contributed by atoms with Crippen LogP contribution in [-0.4, -0.2) is 50.8 Å². The summed E-state index contributed by atoms with van der Waals surface area (Å²) in [6.45, 7) is 0.173. The molecule has 0 bridgehead atoms. The van der Waals surface area contributed by atoms with E-state index in [0.717, 1.165) is 16.4 Å². The Bertz CT molecular complexity index is 1220. The van der Waals surface area contributed by atoms with E-state index in [4.69, 9.17) is 0 Å². The molecule has 2 aliphatic rings. The Morgan fingerprint density at radius 1 is 0.861 bits per heavy atom. The van der Waals surface area contributed by atoms with E-state index in [1.54, 1.807) is 0 Å². The zero-order valence-corrected chi connectivity index (χ0v) is 19.6. The highest BCUT2D eigenvalue weighted by Gasteiger charge is 2.50. The normalized spacial score (nSPS) is 19.2. The van der Waals surface area contributed by atoms with Crippen molar-refractivity contribution in [3.8, 4) is 5.75 Å². The lowest BCUT2D eigenvalue weighted by molar-refractivity contribution is -0.275. The molecule has 2 aliphatic heterocycles. The van der Waals surface area contributed by atoms with Gasteiger partial charge in [0.1, 0.15) is 10.6 Å². The first-order chi connectivity index (χ1) is 16.7. The minimum atomic E-state index is -5.07. The second kappa shape index (κ2) is 9.25. The molecule has 0 unspecified atom stereocenters. The molecule has 1 spiro atoms. The third-order valence-corrected chi connectivity index (χ3v) is 8.48. The van der Waals surface area contributed by atoms with Crippen LogP contribution in [0.2, 0.25) is 0 Å². The highest BCUT2D eigenvalue weighted by molar-refractivity contribution is 7.89. The molecular weight excluding hydrogens is 514 g/mol. The Morgan fingerprint density at radius 2 is 1.44 bits per heavy atom. The van der Waals surface area contributed by atoms with Gasteiger partial charge in [-0.05, 0) is 49.1 Å². The molecule has 0 N–H and O–H groups in total. The van der Waals surface area contributed by atoms with Crippen LogP contribution < -0.4 is 9.64 Å². The van der Waals surface area contributed by atoms with Crippen molar-refractivity contribution < 1.29 is 44.3 Å². The summed E-state index contributed by atoms with van der Waals surface area (Å²) in [4.78, 5) is 14.1. The minimum Gasteiger partial charge on any atom is -0.404 e. The monoisotopic (exact) mass is 536 g/mol. The van der Waals surface area contributed by atoms with Gasteiger partial charge in [0.15, 0.2) is 0 Å². The predicted octanol–water partition coefficient (Wildman–Crippen LogP) is 4.90.